The van der Waals surface area contributed by atoms with Crippen molar-refractivity contribution in [3.63, 3.8) is 0 Å². The van der Waals surface area contributed by atoms with Crippen LogP contribution in [0.25, 0.3) is 11.4 Å². The van der Waals surface area contributed by atoms with Crippen molar-refractivity contribution in [2.75, 3.05) is 0 Å². The zero-order chi connectivity index (χ0) is 13.7. The van der Waals surface area contributed by atoms with Crippen LogP contribution in [-0.2, 0) is 0 Å². The first kappa shape index (κ1) is 14.8. The second-order valence-corrected chi connectivity index (χ2v) is 6.28. The molecular weight excluding hydrogens is 309 g/mol. The van der Waals surface area contributed by atoms with Gasteiger partial charge in [-0.1, -0.05) is 28.9 Å². The molecule has 0 amide bonds. The van der Waals surface area contributed by atoms with Crippen molar-refractivity contribution < 1.29 is 4.52 Å². The predicted molar refractivity (Wildman–Crippen MR) is 83.5 cm³/mol. The van der Waals surface area contributed by atoms with Gasteiger partial charge in [0.2, 0.25) is 11.7 Å². The van der Waals surface area contributed by atoms with Gasteiger partial charge in [0.15, 0.2) is 0 Å². The summed E-state index contributed by atoms with van der Waals surface area (Å²) in [6.45, 7) is 0. The normalized spacial score (nSPS) is 30.4. The fraction of sp³-hybridized carbons (Fsp3) is 0.467. The average molecular weight is 326 g/mol. The van der Waals surface area contributed by atoms with Crippen LogP contribution in [0.15, 0.2) is 28.8 Å². The van der Waals surface area contributed by atoms with Gasteiger partial charge in [-0.15, -0.1) is 12.4 Å². The van der Waals surface area contributed by atoms with E-state index < -0.39 is 0 Å². The Bertz CT molecular complexity index is 643. The summed E-state index contributed by atoms with van der Waals surface area (Å²) in [5.74, 6) is 2.69. The van der Waals surface area contributed by atoms with E-state index in [4.69, 9.17) is 21.9 Å². The lowest BCUT2D eigenvalue weighted by atomic mass is 9.85. The van der Waals surface area contributed by atoms with Crippen LogP contribution in [0.2, 0.25) is 5.02 Å². The Morgan fingerprint density at radius 2 is 1.95 bits per heavy atom. The quantitative estimate of drug-likeness (QED) is 0.915. The predicted octanol–water partition coefficient (Wildman–Crippen LogP) is 3.65. The molecule has 2 fully saturated rings. The molecule has 2 aliphatic rings. The highest BCUT2D eigenvalue weighted by molar-refractivity contribution is 6.33. The summed E-state index contributed by atoms with van der Waals surface area (Å²) in [5.41, 5.74) is 7.13. The van der Waals surface area contributed by atoms with E-state index >= 15 is 0 Å². The molecule has 0 radical (unpaired) electrons. The maximum absolute atomic E-state index is 6.32. The minimum Gasteiger partial charge on any atom is -0.339 e. The first-order valence-corrected chi connectivity index (χ1v) is 7.46. The van der Waals surface area contributed by atoms with Crippen LogP contribution < -0.4 is 5.73 Å². The van der Waals surface area contributed by atoms with Crippen molar-refractivity contribution in [2.45, 2.75) is 31.2 Å². The Morgan fingerprint density at radius 1 is 1.19 bits per heavy atom. The third kappa shape index (κ3) is 2.35. The van der Waals surface area contributed by atoms with Gasteiger partial charge in [-0.3, -0.25) is 0 Å². The molecule has 2 N–H and O–H groups in total. The summed E-state index contributed by atoms with van der Waals surface area (Å²) < 4.78 is 5.48. The lowest BCUT2D eigenvalue weighted by Crippen LogP contribution is -2.34. The highest BCUT2D eigenvalue weighted by Gasteiger charge is 2.48. The Balaban J connectivity index is 0.00000132. The molecule has 2 aliphatic carbocycles. The first-order chi connectivity index (χ1) is 9.74. The number of nitrogens with zero attached hydrogens (tertiary/aromatic N) is 2. The summed E-state index contributed by atoms with van der Waals surface area (Å²) in [6.07, 6.45) is 3.68. The van der Waals surface area contributed by atoms with Crippen LogP contribution in [0.1, 0.15) is 31.1 Å². The fourth-order valence-corrected chi connectivity index (χ4v) is 4.05. The molecule has 4 nitrogen and oxygen atoms in total. The number of aromatic nitrogens is 2. The molecule has 21 heavy (non-hydrogen) atoms. The van der Waals surface area contributed by atoms with Gasteiger partial charge >= 0.3 is 0 Å². The zero-order valence-corrected chi connectivity index (χ0v) is 13.0. The number of hydrogen-bond donors (Lipinski definition) is 1. The second kappa shape index (κ2) is 5.59. The molecule has 0 saturated heterocycles. The molecule has 2 aromatic rings. The van der Waals surface area contributed by atoms with E-state index in [-0.39, 0.29) is 24.4 Å². The molecule has 2 saturated carbocycles. The molecule has 0 spiro atoms. The standard InChI is InChI=1S/C15H16ClN3O.ClH/c16-11-4-2-1-3-10(11)14-18-15(20-19-14)12-8-5-6-9(7-8)13(12)17;/h1-4,8-9,12-13H,5-7,17H2;1H. The van der Waals surface area contributed by atoms with Gasteiger partial charge in [-0.25, -0.2) is 0 Å². The summed E-state index contributed by atoms with van der Waals surface area (Å²) in [5, 5.41) is 4.72. The SMILES string of the molecule is Cl.NC1C2CCC(C2)C1c1nc(-c2ccccc2Cl)no1. The van der Waals surface area contributed by atoms with E-state index in [9.17, 15) is 0 Å². The molecule has 4 unspecified atom stereocenters. The zero-order valence-electron chi connectivity index (χ0n) is 11.4. The van der Waals surface area contributed by atoms with Crippen LogP contribution >= 0.6 is 24.0 Å². The van der Waals surface area contributed by atoms with Crippen LogP contribution in [0, 0.1) is 11.8 Å². The first-order valence-electron chi connectivity index (χ1n) is 7.08. The maximum atomic E-state index is 6.32. The highest BCUT2D eigenvalue weighted by atomic mass is 35.5. The Hall–Kier alpha value is -1.10. The van der Waals surface area contributed by atoms with E-state index in [0.717, 1.165) is 5.56 Å². The van der Waals surface area contributed by atoms with Crippen molar-refractivity contribution in [2.24, 2.45) is 17.6 Å². The van der Waals surface area contributed by atoms with Crippen LogP contribution in [-0.4, -0.2) is 16.2 Å². The molecule has 0 aliphatic heterocycles. The van der Waals surface area contributed by atoms with Crippen molar-refractivity contribution in [1.29, 1.82) is 0 Å². The number of halogens is 2. The Kier molecular flexibility index (Phi) is 3.95. The number of nitrogens with two attached hydrogens (primary N) is 1. The van der Waals surface area contributed by atoms with Gasteiger partial charge in [-0.2, -0.15) is 4.98 Å². The van der Waals surface area contributed by atoms with E-state index in [1.54, 1.807) is 0 Å². The molecule has 1 aromatic heterocycles. The molecule has 112 valence electrons. The summed E-state index contributed by atoms with van der Waals surface area (Å²) in [6, 6.07) is 7.70. The molecular formula is C15H17Cl2N3O. The molecule has 4 rings (SSSR count). The van der Waals surface area contributed by atoms with Gasteiger partial charge in [0.1, 0.15) is 0 Å². The van der Waals surface area contributed by atoms with Gasteiger partial charge < -0.3 is 10.3 Å². The fourth-order valence-electron chi connectivity index (χ4n) is 3.82. The lowest BCUT2D eigenvalue weighted by Gasteiger charge is -2.24. The van der Waals surface area contributed by atoms with Crippen molar-refractivity contribution in [3.05, 3.63) is 35.2 Å². The summed E-state index contributed by atoms with van der Waals surface area (Å²) >= 11 is 6.17. The monoisotopic (exact) mass is 325 g/mol. The van der Waals surface area contributed by atoms with Crippen LogP contribution in [0.5, 0.6) is 0 Å². The summed E-state index contributed by atoms with van der Waals surface area (Å²) in [4.78, 5) is 4.55. The third-order valence-electron chi connectivity index (χ3n) is 4.82. The summed E-state index contributed by atoms with van der Waals surface area (Å²) in [7, 11) is 0. The Labute approximate surface area is 134 Å². The van der Waals surface area contributed by atoms with Crippen LogP contribution in [0.3, 0.4) is 0 Å². The topological polar surface area (TPSA) is 64.9 Å². The molecule has 1 aromatic carbocycles. The minimum atomic E-state index is 0. The van der Waals surface area contributed by atoms with Crippen molar-refractivity contribution in [1.82, 2.24) is 10.1 Å². The smallest absolute Gasteiger partial charge is 0.231 e. The molecule has 4 atom stereocenters. The number of fused-ring (bicyclic) bond motifs is 2. The van der Waals surface area contributed by atoms with E-state index in [2.05, 4.69) is 10.1 Å². The van der Waals surface area contributed by atoms with E-state index in [1.807, 2.05) is 24.3 Å². The van der Waals surface area contributed by atoms with Crippen molar-refractivity contribution in [3.8, 4) is 11.4 Å². The van der Waals surface area contributed by atoms with Gasteiger partial charge in [-0.05, 0) is 43.2 Å². The number of hydrogen-bond acceptors (Lipinski definition) is 4. The highest BCUT2D eigenvalue weighted by Crippen LogP contribution is 2.51. The molecule has 2 bridgehead atoms. The van der Waals surface area contributed by atoms with Gasteiger partial charge in [0, 0.05) is 11.6 Å². The molecule has 6 heteroatoms. The van der Waals surface area contributed by atoms with E-state index in [0.29, 0.717) is 28.6 Å². The third-order valence-corrected chi connectivity index (χ3v) is 5.15. The minimum absolute atomic E-state index is 0. The number of benzene rings is 1. The second-order valence-electron chi connectivity index (χ2n) is 5.87. The molecule has 1 heterocycles. The average Bonchev–Trinajstić information content (AvgIpc) is 3.14. The maximum Gasteiger partial charge on any atom is 0.231 e. The van der Waals surface area contributed by atoms with Gasteiger partial charge in [0.05, 0.1) is 10.9 Å². The van der Waals surface area contributed by atoms with Crippen molar-refractivity contribution >= 4 is 24.0 Å². The van der Waals surface area contributed by atoms with E-state index in [1.165, 1.54) is 19.3 Å². The Morgan fingerprint density at radius 3 is 2.67 bits per heavy atom. The number of rotatable bonds is 2. The largest absolute Gasteiger partial charge is 0.339 e. The van der Waals surface area contributed by atoms with Gasteiger partial charge in [0.25, 0.3) is 0 Å². The lowest BCUT2D eigenvalue weighted by molar-refractivity contribution is 0.279. The van der Waals surface area contributed by atoms with Crippen LogP contribution in [0.4, 0.5) is 0 Å².